The predicted octanol–water partition coefficient (Wildman–Crippen LogP) is -0.303. The molecule has 2 N–H and O–H groups in total. The molecule has 2 aliphatic rings. The van der Waals surface area contributed by atoms with Gasteiger partial charge in [-0.3, -0.25) is 4.79 Å². The highest BCUT2D eigenvalue weighted by Gasteiger charge is 2.35. The highest BCUT2D eigenvalue weighted by molar-refractivity contribution is 5.90. The summed E-state index contributed by atoms with van der Waals surface area (Å²) in [5.74, 6) is -0.172. The molecule has 1 aromatic heterocycles. The van der Waals surface area contributed by atoms with Crippen LogP contribution >= 0.6 is 0 Å². The van der Waals surface area contributed by atoms with E-state index >= 15 is 0 Å². The van der Waals surface area contributed by atoms with Crippen molar-refractivity contribution in [3.8, 4) is 0 Å². The SMILES string of the molecule is CCN1CCN(C2CCCN(c3ncc(C(N)=O)nn3)C2)C1=O. The summed E-state index contributed by atoms with van der Waals surface area (Å²) in [6.07, 6.45) is 3.28. The molecular weight excluding hydrogens is 298 g/mol. The monoisotopic (exact) mass is 319 g/mol. The summed E-state index contributed by atoms with van der Waals surface area (Å²) in [7, 11) is 0. The van der Waals surface area contributed by atoms with Crippen LogP contribution in [0.4, 0.5) is 10.7 Å². The van der Waals surface area contributed by atoms with Crippen molar-refractivity contribution in [3.63, 3.8) is 0 Å². The van der Waals surface area contributed by atoms with E-state index in [1.54, 1.807) is 0 Å². The number of primary amides is 1. The molecule has 3 heterocycles. The van der Waals surface area contributed by atoms with Gasteiger partial charge in [-0.05, 0) is 19.8 Å². The Morgan fingerprint density at radius 3 is 2.78 bits per heavy atom. The number of nitrogens with zero attached hydrogens (tertiary/aromatic N) is 6. The Hall–Kier alpha value is -2.45. The van der Waals surface area contributed by atoms with E-state index < -0.39 is 5.91 Å². The summed E-state index contributed by atoms with van der Waals surface area (Å²) in [5.41, 5.74) is 5.20. The van der Waals surface area contributed by atoms with Gasteiger partial charge in [0.1, 0.15) is 0 Å². The van der Waals surface area contributed by atoms with Gasteiger partial charge in [0, 0.05) is 32.7 Å². The summed E-state index contributed by atoms with van der Waals surface area (Å²) >= 11 is 0. The Bertz CT molecular complexity index is 591. The number of urea groups is 1. The normalized spacial score (nSPS) is 21.9. The number of hydrogen-bond acceptors (Lipinski definition) is 6. The Balaban J connectivity index is 1.68. The van der Waals surface area contributed by atoms with Crippen molar-refractivity contribution in [2.45, 2.75) is 25.8 Å². The van der Waals surface area contributed by atoms with E-state index in [2.05, 4.69) is 15.2 Å². The van der Waals surface area contributed by atoms with Crippen molar-refractivity contribution in [1.29, 1.82) is 0 Å². The van der Waals surface area contributed by atoms with Crippen LogP contribution in [-0.4, -0.2) is 75.7 Å². The van der Waals surface area contributed by atoms with Gasteiger partial charge in [0.15, 0.2) is 5.69 Å². The summed E-state index contributed by atoms with van der Waals surface area (Å²) in [4.78, 5) is 33.3. The van der Waals surface area contributed by atoms with E-state index in [1.807, 2.05) is 21.6 Å². The lowest BCUT2D eigenvalue weighted by molar-refractivity contribution is 0.0994. The van der Waals surface area contributed by atoms with Crippen molar-refractivity contribution in [2.75, 3.05) is 37.6 Å². The van der Waals surface area contributed by atoms with Crippen LogP contribution in [0.5, 0.6) is 0 Å². The number of likely N-dealkylation sites (N-methyl/N-ethyl adjacent to an activating group) is 1. The molecule has 3 rings (SSSR count). The summed E-state index contributed by atoms with van der Waals surface area (Å²) in [5, 5.41) is 7.78. The lowest BCUT2D eigenvalue weighted by Gasteiger charge is -2.37. The molecule has 9 nitrogen and oxygen atoms in total. The molecule has 2 fully saturated rings. The topological polar surface area (TPSA) is 109 Å². The van der Waals surface area contributed by atoms with Crippen LogP contribution in [0.15, 0.2) is 6.20 Å². The van der Waals surface area contributed by atoms with E-state index in [9.17, 15) is 9.59 Å². The van der Waals surface area contributed by atoms with Gasteiger partial charge in [-0.1, -0.05) is 0 Å². The average Bonchev–Trinajstić information content (AvgIpc) is 2.96. The van der Waals surface area contributed by atoms with Gasteiger partial charge >= 0.3 is 6.03 Å². The molecule has 9 heteroatoms. The molecule has 23 heavy (non-hydrogen) atoms. The van der Waals surface area contributed by atoms with Crippen LogP contribution in [0.1, 0.15) is 30.3 Å². The van der Waals surface area contributed by atoms with Crippen molar-refractivity contribution in [1.82, 2.24) is 25.0 Å². The number of nitrogens with two attached hydrogens (primary N) is 1. The maximum atomic E-state index is 12.3. The van der Waals surface area contributed by atoms with Gasteiger partial charge in [0.25, 0.3) is 5.91 Å². The number of amides is 3. The van der Waals surface area contributed by atoms with Crippen LogP contribution in [-0.2, 0) is 0 Å². The third-order valence-electron chi connectivity index (χ3n) is 4.43. The van der Waals surface area contributed by atoms with Crippen molar-refractivity contribution >= 4 is 17.9 Å². The van der Waals surface area contributed by atoms with Crippen LogP contribution < -0.4 is 10.6 Å². The van der Waals surface area contributed by atoms with Gasteiger partial charge in [-0.2, -0.15) is 0 Å². The number of aromatic nitrogens is 3. The molecule has 2 saturated heterocycles. The minimum atomic E-state index is -0.643. The summed E-state index contributed by atoms with van der Waals surface area (Å²) in [6.45, 7) is 5.79. The van der Waals surface area contributed by atoms with Crippen molar-refractivity contribution in [3.05, 3.63) is 11.9 Å². The Morgan fingerprint density at radius 1 is 1.35 bits per heavy atom. The number of hydrogen-bond donors (Lipinski definition) is 1. The predicted molar refractivity (Wildman–Crippen MR) is 82.9 cm³/mol. The second kappa shape index (κ2) is 6.35. The average molecular weight is 319 g/mol. The number of rotatable bonds is 4. The van der Waals surface area contributed by atoms with Gasteiger partial charge < -0.3 is 20.4 Å². The quantitative estimate of drug-likeness (QED) is 0.816. The third kappa shape index (κ3) is 3.03. The van der Waals surface area contributed by atoms with Crippen LogP contribution in [0.2, 0.25) is 0 Å². The first kappa shape index (κ1) is 15.4. The molecule has 0 aliphatic carbocycles. The first-order valence-electron chi connectivity index (χ1n) is 7.90. The van der Waals surface area contributed by atoms with E-state index in [4.69, 9.17) is 5.73 Å². The molecule has 0 aromatic carbocycles. The molecule has 0 spiro atoms. The molecule has 3 amide bonds. The fourth-order valence-electron chi connectivity index (χ4n) is 3.15. The molecule has 1 atom stereocenters. The zero-order valence-electron chi connectivity index (χ0n) is 13.2. The zero-order chi connectivity index (χ0) is 16.4. The van der Waals surface area contributed by atoms with Gasteiger partial charge in [-0.25, -0.2) is 9.78 Å². The van der Waals surface area contributed by atoms with Gasteiger partial charge in [0.2, 0.25) is 5.95 Å². The fraction of sp³-hybridized carbons (Fsp3) is 0.643. The second-order valence-electron chi connectivity index (χ2n) is 5.81. The molecule has 124 valence electrons. The molecule has 1 aromatic rings. The van der Waals surface area contributed by atoms with Gasteiger partial charge in [0.05, 0.1) is 12.2 Å². The first-order chi connectivity index (χ1) is 11.1. The number of piperidine rings is 1. The van der Waals surface area contributed by atoms with Crippen molar-refractivity contribution in [2.24, 2.45) is 5.73 Å². The van der Waals surface area contributed by atoms with E-state index in [-0.39, 0.29) is 17.8 Å². The summed E-state index contributed by atoms with van der Waals surface area (Å²) < 4.78 is 0. The van der Waals surface area contributed by atoms with E-state index in [0.717, 1.165) is 39.0 Å². The number of carbonyl (C=O) groups is 2. The number of anilines is 1. The lowest BCUT2D eigenvalue weighted by Crippen LogP contribution is -2.50. The molecular formula is C14H21N7O2. The first-order valence-corrected chi connectivity index (χ1v) is 7.90. The minimum Gasteiger partial charge on any atom is -0.364 e. The Morgan fingerprint density at radius 2 is 2.17 bits per heavy atom. The maximum absolute atomic E-state index is 12.3. The zero-order valence-corrected chi connectivity index (χ0v) is 13.2. The van der Waals surface area contributed by atoms with E-state index in [1.165, 1.54) is 6.20 Å². The highest BCUT2D eigenvalue weighted by Crippen LogP contribution is 2.22. The standard InChI is InChI=1S/C14H21N7O2/c1-2-19-6-7-21(14(19)23)10-4-3-5-20(9-10)13-16-8-11(12(15)22)17-18-13/h8,10H,2-7,9H2,1H3,(H2,15,22). The lowest BCUT2D eigenvalue weighted by atomic mass is 10.0. The fourth-order valence-corrected chi connectivity index (χ4v) is 3.15. The molecule has 1 unspecified atom stereocenters. The van der Waals surface area contributed by atoms with E-state index in [0.29, 0.717) is 12.5 Å². The Labute approximate surface area is 134 Å². The van der Waals surface area contributed by atoms with Crippen molar-refractivity contribution < 1.29 is 9.59 Å². The minimum absolute atomic E-state index is 0.0515. The van der Waals surface area contributed by atoms with Crippen LogP contribution in [0.3, 0.4) is 0 Å². The third-order valence-corrected chi connectivity index (χ3v) is 4.43. The maximum Gasteiger partial charge on any atom is 0.320 e. The van der Waals surface area contributed by atoms with Gasteiger partial charge in [-0.15, -0.1) is 10.2 Å². The van der Waals surface area contributed by atoms with Crippen LogP contribution in [0.25, 0.3) is 0 Å². The van der Waals surface area contributed by atoms with Crippen LogP contribution in [0, 0.1) is 0 Å². The summed E-state index contributed by atoms with van der Waals surface area (Å²) in [6, 6.07) is 0.273. The molecule has 0 radical (unpaired) electrons. The molecule has 2 aliphatic heterocycles. The Kier molecular flexibility index (Phi) is 4.26. The highest BCUT2D eigenvalue weighted by atomic mass is 16.2. The number of carbonyl (C=O) groups excluding carboxylic acids is 2. The largest absolute Gasteiger partial charge is 0.364 e. The second-order valence-corrected chi connectivity index (χ2v) is 5.81. The molecule has 0 bridgehead atoms. The molecule has 0 saturated carbocycles. The smallest absolute Gasteiger partial charge is 0.320 e.